The van der Waals surface area contributed by atoms with Crippen molar-refractivity contribution in [2.75, 3.05) is 5.73 Å². The number of hydrogen-bond acceptors (Lipinski definition) is 5. The molecule has 2 aromatic carbocycles. The topological polar surface area (TPSA) is 81.1 Å². The molecule has 0 fully saturated rings. The van der Waals surface area contributed by atoms with Crippen LogP contribution < -0.4 is 11.1 Å². The molecular formula is C21H18F4N6. The first-order valence-electron chi connectivity index (χ1n) is 9.37. The summed E-state index contributed by atoms with van der Waals surface area (Å²) in [6, 6.07) is 11.0. The van der Waals surface area contributed by atoms with Gasteiger partial charge in [0, 0.05) is 17.7 Å². The van der Waals surface area contributed by atoms with Crippen LogP contribution in [0.25, 0.3) is 16.9 Å². The van der Waals surface area contributed by atoms with E-state index in [2.05, 4.69) is 20.4 Å². The second-order valence-electron chi connectivity index (χ2n) is 7.02. The van der Waals surface area contributed by atoms with E-state index in [9.17, 15) is 17.6 Å². The lowest BCUT2D eigenvalue weighted by atomic mass is 10.1. The molecule has 4 aromatic rings. The van der Waals surface area contributed by atoms with Crippen molar-refractivity contribution in [3.8, 4) is 11.3 Å². The molecule has 0 unspecified atom stereocenters. The van der Waals surface area contributed by atoms with E-state index in [1.54, 1.807) is 19.1 Å². The number of halogens is 4. The molecule has 0 saturated heterocycles. The van der Waals surface area contributed by atoms with Gasteiger partial charge < -0.3 is 11.1 Å². The highest BCUT2D eigenvalue weighted by molar-refractivity contribution is 5.71. The van der Waals surface area contributed by atoms with Gasteiger partial charge in [-0.05, 0) is 36.8 Å². The normalized spacial score (nSPS) is 11.9. The van der Waals surface area contributed by atoms with E-state index >= 15 is 0 Å². The molecule has 0 spiro atoms. The van der Waals surface area contributed by atoms with Gasteiger partial charge >= 0.3 is 6.18 Å². The predicted molar refractivity (Wildman–Crippen MR) is 107 cm³/mol. The van der Waals surface area contributed by atoms with Crippen LogP contribution in [0.15, 0.2) is 48.5 Å². The molecule has 4 rings (SSSR count). The Balaban J connectivity index is 1.52. The Bertz CT molecular complexity index is 1230. The molecule has 10 heteroatoms. The smallest absolute Gasteiger partial charge is 0.368 e. The van der Waals surface area contributed by atoms with Gasteiger partial charge in [-0.2, -0.15) is 17.7 Å². The van der Waals surface area contributed by atoms with Gasteiger partial charge in [0.2, 0.25) is 5.95 Å². The second-order valence-corrected chi connectivity index (χ2v) is 7.02. The van der Waals surface area contributed by atoms with E-state index in [-0.39, 0.29) is 18.3 Å². The minimum absolute atomic E-state index is 0.112. The number of benzene rings is 2. The standard InChI is InChI=1S/C21H18F4N6/c1-12-18(14-3-2-4-16(22)9-14)29-20(26)31-19(12)28-17(30-31)11-27-10-13-5-7-15(8-6-13)21(23,24)25/h2-9,27H,10-11H2,1H3,(H2,26,29). The fraction of sp³-hybridized carbons (Fsp3) is 0.190. The molecule has 160 valence electrons. The first kappa shape index (κ1) is 20.7. The van der Waals surface area contributed by atoms with E-state index in [1.807, 2.05) is 0 Å². The summed E-state index contributed by atoms with van der Waals surface area (Å²) in [5.41, 5.74) is 8.32. The van der Waals surface area contributed by atoms with Crippen molar-refractivity contribution in [3.05, 3.63) is 76.9 Å². The lowest BCUT2D eigenvalue weighted by molar-refractivity contribution is -0.137. The maximum Gasteiger partial charge on any atom is 0.416 e. The SMILES string of the molecule is Cc1c(-c2cccc(F)c2)nc(N)n2nc(CNCc3ccc(C(F)(F)F)cc3)nc12. The van der Waals surface area contributed by atoms with Crippen molar-refractivity contribution < 1.29 is 17.6 Å². The largest absolute Gasteiger partial charge is 0.416 e. The molecule has 2 aromatic heterocycles. The monoisotopic (exact) mass is 430 g/mol. The molecule has 0 atom stereocenters. The zero-order valence-electron chi connectivity index (χ0n) is 16.4. The molecule has 0 saturated carbocycles. The number of nitrogens with two attached hydrogens (primary N) is 1. The van der Waals surface area contributed by atoms with Crippen molar-refractivity contribution in [3.63, 3.8) is 0 Å². The van der Waals surface area contributed by atoms with Crippen LogP contribution in [-0.4, -0.2) is 19.6 Å². The highest BCUT2D eigenvalue weighted by atomic mass is 19.4. The van der Waals surface area contributed by atoms with Crippen LogP contribution in [0.3, 0.4) is 0 Å². The van der Waals surface area contributed by atoms with Crippen LogP contribution in [0.4, 0.5) is 23.5 Å². The summed E-state index contributed by atoms with van der Waals surface area (Å²) in [5.74, 6) is 0.174. The van der Waals surface area contributed by atoms with E-state index in [1.165, 1.54) is 28.8 Å². The number of nitrogens with one attached hydrogen (secondary N) is 1. The Kier molecular flexibility index (Phi) is 5.32. The molecule has 6 nitrogen and oxygen atoms in total. The average Bonchev–Trinajstić information content (AvgIpc) is 3.16. The number of aryl methyl sites for hydroxylation is 1. The first-order valence-corrected chi connectivity index (χ1v) is 9.37. The van der Waals surface area contributed by atoms with Crippen LogP contribution in [0, 0.1) is 12.7 Å². The number of rotatable bonds is 5. The minimum atomic E-state index is -4.36. The zero-order chi connectivity index (χ0) is 22.2. The Morgan fingerprint density at radius 3 is 2.45 bits per heavy atom. The number of nitrogens with zero attached hydrogens (tertiary/aromatic N) is 4. The Labute approximate surface area is 174 Å². The Morgan fingerprint density at radius 1 is 1.03 bits per heavy atom. The fourth-order valence-corrected chi connectivity index (χ4v) is 3.23. The van der Waals surface area contributed by atoms with E-state index in [4.69, 9.17) is 5.73 Å². The van der Waals surface area contributed by atoms with Crippen LogP contribution in [-0.2, 0) is 19.3 Å². The van der Waals surface area contributed by atoms with Crippen molar-refractivity contribution in [1.82, 2.24) is 24.9 Å². The van der Waals surface area contributed by atoms with Crippen molar-refractivity contribution in [2.45, 2.75) is 26.2 Å². The lowest BCUT2D eigenvalue weighted by Crippen LogP contribution is -2.14. The summed E-state index contributed by atoms with van der Waals surface area (Å²) < 4.78 is 53.0. The van der Waals surface area contributed by atoms with Gasteiger partial charge in [0.05, 0.1) is 17.8 Å². The number of nitrogen functional groups attached to an aromatic ring is 1. The third-order valence-electron chi connectivity index (χ3n) is 4.78. The van der Waals surface area contributed by atoms with Crippen molar-refractivity contribution >= 4 is 11.6 Å². The number of aromatic nitrogens is 4. The van der Waals surface area contributed by atoms with E-state index in [0.717, 1.165) is 12.1 Å². The maximum absolute atomic E-state index is 13.6. The first-order chi connectivity index (χ1) is 14.7. The van der Waals surface area contributed by atoms with Crippen molar-refractivity contribution in [2.24, 2.45) is 0 Å². The van der Waals surface area contributed by atoms with Gasteiger partial charge in [-0.15, -0.1) is 5.10 Å². The summed E-state index contributed by atoms with van der Waals surface area (Å²) in [6.07, 6.45) is -4.36. The number of fused-ring (bicyclic) bond motifs is 1. The molecule has 0 aliphatic rings. The highest BCUT2D eigenvalue weighted by Gasteiger charge is 2.29. The molecule has 31 heavy (non-hydrogen) atoms. The molecule has 0 radical (unpaired) electrons. The maximum atomic E-state index is 13.6. The lowest BCUT2D eigenvalue weighted by Gasteiger charge is -2.08. The summed E-state index contributed by atoms with van der Waals surface area (Å²) >= 11 is 0. The third-order valence-corrected chi connectivity index (χ3v) is 4.78. The highest BCUT2D eigenvalue weighted by Crippen LogP contribution is 2.29. The van der Waals surface area contributed by atoms with Crippen LogP contribution >= 0.6 is 0 Å². The predicted octanol–water partition coefficient (Wildman–Crippen LogP) is 4.13. The average molecular weight is 430 g/mol. The number of anilines is 1. The van der Waals surface area contributed by atoms with Gasteiger partial charge in [-0.3, -0.25) is 0 Å². The molecule has 0 bridgehead atoms. The molecule has 0 aliphatic carbocycles. The fourth-order valence-electron chi connectivity index (χ4n) is 3.23. The molecular weight excluding hydrogens is 412 g/mol. The van der Waals surface area contributed by atoms with Crippen LogP contribution in [0.5, 0.6) is 0 Å². The molecule has 3 N–H and O–H groups in total. The quantitative estimate of drug-likeness (QED) is 0.466. The van der Waals surface area contributed by atoms with Gasteiger partial charge in [-0.1, -0.05) is 24.3 Å². The molecule has 2 heterocycles. The van der Waals surface area contributed by atoms with Crippen LogP contribution in [0.1, 0.15) is 22.5 Å². The van der Waals surface area contributed by atoms with Crippen molar-refractivity contribution in [1.29, 1.82) is 0 Å². The number of alkyl halides is 3. The zero-order valence-corrected chi connectivity index (χ0v) is 16.4. The van der Waals surface area contributed by atoms with Crippen LogP contribution in [0.2, 0.25) is 0 Å². The van der Waals surface area contributed by atoms with E-state index < -0.39 is 11.7 Å². The van der Waals surface area contributed by atoms with E-state index in [0.29, 0.717) is 40.4 Å². The van der Waals surface area contributed by atoms with Gasteiger partial charge in [0.25, 0.3) is 0 Å². The minimum Gasteiger partial charge on any atom is -0.368 e. The summed E-state index contributed by atoms with van der Waals surface area (Å²) in [5, 5.41) is 7.44. The molecule has 0 aliphatic heterocycles. The third kappa shape index (κ3) is 4.33. The Hall–Kier alpha value is -3.53. The second kappa shape index (κ2) is 7.95. The van der Waals surface area contributed by atoms with Gasteiger partial charge in [0.15, 0.2) is 11.5 Å². The van der Waals surface area contributed by atoms with Gasteiger partial charge in [0.1, 0.15) is 5.82 Å². The molecule has 0 amide bonds. The summed E-state index contributed by atoms with van der Waals surface area (Å²) in [7, 11) is 0. The number of hydrogen-bond donors (Lipinski definition) is 2. The van der Waals surface area contributed by atoms with Gasteiger partial charge in [-0.25, -0.2) is 14.4 Å². The summed E-state index contributed by atoms with van der Waals surface area (Å²) in [4.78, 5) is 8.83. The summed E-state index contributed by atoms with van der Waals surface area (Å²) in [6.45, 7) is 2.42. The Morgan fingerprint density at radius 2 is 1.77 bits per heavy atom.